The van der Waals surface area contributed by atoms with E-state index in [9.17, 15) is 9.59 Å². The Morgan fingerprint density at radius 2 is 0.848 bits per heavy atom. The van der Waals surface area contributed by atoms with Crippen molar-refractivity contribution in [2.75, 3.05) is 13.2 Å². The van der Waals surface area contributed by atoms with Gasteiger partial charge in [0.05, 0.1) is 13.2 Å². The van der Waals surface area contributed by atoms with Crippen molar-refractivity contribution in [1.82, 2.24) is 0 Å². The summed E-state index contributed by atoms with van der Waals surface area (Å²) in [4.78, 5) is 22.9. The third-order valence-corrected chi connectivity index (χ3v) is 9.29. The molecular formula is C28H54O4Sn. The van der Waals surface area contributed by atoms with Crippen molar-refractivity contribution in [3.63, 3.8) is 0 Å². The maximum absolute atomic E-state index is 11.4. The number of carbonyl (C=O) groups is 2. The van der Waals surface area contributed by atoms with Gasteiger partial charge in [0.15, 0.2) is 0 Å². The van der Waals surface area contributed by atoms with Gasteiger partial charge in [0.25, 0.3) is 0 Å². The Morgan fingerprint density at radius 1 is 0.515 bits per heavy atom. The zero-order valence-electron chi connectivity index (χ0n) is 22.4. The van der Waals surface area contributed by atoms with Crippen molar-refractivity contribution in [2.24, 2.45) is 0 Å². The maximum atomic E-state index is 11.4. The molecule has 0 heterocycles. The Labute approximate surface area is 216 Å². The number of esters is 2. The summed E-state index contributed by atoms with van der Waals surface area (Å²) in [5, 5.41) is 0. The van der Waals surface area contributed by atoms with Crippen LogP contribution in [0.2, 0.25) is 8.87 Å². The summed E-state index contributed by atoms with van der Waals surface area (Å²) < 4.78 is 13.3. The van der Waals surface area contributed by atoms with E-state index in [4.69, 9.17) is 9.47 Å². The van der Waals surface area contributed by atoms with Gasteiger partial charge in [0, 0.05) is 12.2 Å². The standard InChI is InChI=1S/C20H36O4.2C4H9.Sn/c1-3-5-7-9-11-13-17-23-19(21)15-16-20(22)24-18-14-12-10-8-6-4-2;2*1-3-4-2;/h15-16H,3-14,17-18H2,1-2H3;2*1,3-4H2,2H3;. The molecule has 0 aliphatic rings. The van der Waals surface area contributed by atoms with Crippen LogP contribution in [-0.4, -0.2) is 46.3 Å². The second-order valence-electron chi connectivity index (χ2n) is 8.66. The van der Waals surface area contributed by atoms with Gasteiger partial charge in [-0.25, -0.2) is 9.59 Å². The summed E-state index contributed by atoms with van der Waals surface area (Å²) in [6.45, 7) is 9.79. The topological polar surface area (TPSA) is 52.6 Å². The SMILES string of the molecule is CCCCCCCCOC(=O)C=CC(=O)OCCCCCCCC.CCC[CH2][Sn][CH2]CCC. The van der Waals surface area contributed by atoms with Gasteiger partial charge in [0.2, 0.25) is 0 Å². The van der Waals surface area contributed by atoms with E-state index in [1.165, 1.54) is 77.0 Å². The van der Waals surface area contributed by atoms with Gasteiger partial charge in [-0.2, -0.15) is 0 Å². The number of carbonyl (C=O) groups excluding carboxylic acids is 2. The molecule has 194 valence electrons. The molecule has 0 spiro atoms. The second kappa shape index (κ2) is 31.5. The zero-order chi connectivity index (χ0) is 24.8. The molecular weight excluding hydrogens is 519 g/mol. The molecule has 4 nitrogen and oxygen atoms in total. The molecule has 0 amide bonds. The number of hydrogen-bond donors (Lipinski definition) is 0. The van der Waals surface area contributed by atoms with Crippen LogP contribution in [0.1, 0.15) is 130 Å². The molecule has 0 unspecified atom stereocenters. The summed E-state index contributed by atoms with van der Waals surface area (Å²) in [6, 6.07) is 0. The first-order valence-corrected chi connectivity index (χ1v) is 17.9. The molecule has 0 atom stereocenters. The molecule has 0 aliphatic carbocycles. The fourth-order valence-electron chi connectivity index (χ4n) is 3.07. The second-order valence-corrected chi connectivity index (χ2v) is 12.9. The Bertz CT molecular complexity index is 400. The third-order valence-electron chi connectivity index (χ3n) is 5.25. The van der Waals surface area contributed by atoms with E-state index >= 15 is 0 Å². The van der Waals surface area contributed by atoms with E-state index in [0.29, 0.717) is 13.2 Å². The summed E-state index contributed by atoms with van der Waals surface area (Å²) >= 11 is 0.149. The molecule has 0 aromatic rings. The Morgan fingerprint density at radius 3 is 1.21 bits per heavy atom. The Balaban J connectivity index is 0. The van der Waals surface area contributed by atoms with Crippen LogP contribution in [0, 0.1) is 0 Å². The molecule has 0 fully saturated rings. The Kier molecular flexibility index (Phi) is 33.0. The molecule has 2 radical (unpaired) electrons. The number of rotatable bonds is 22. The monoisotopic (exact) mass is 574 g/mol. The van der Waals surface area contributed by atoms with E-state index in [2.05, 4.69) is 27.7 Å². The van der Waals surface area contributed by atoms with Crippen molar-refractivity contribution in [2.45, 2.75) is 139 Å². The summed E-state index contributed by atoms with van der Waals surface area (Å²) in [5.74, 6) is -0.944. The third kappa shape index (κ3) is 33.7. The summed E-state index contributed by atoms with van der Waals surface area (Å²) in [5.41, 5.74) is 0. The van der Waals surface area contributed by atoms with Gasteiger partial charge in [-0.3, -0.25) is 0 Å². The van der Waals surface area contributed by atoms with E-state index in [-0.39, 0.29) is 21.1 Å². The first-order valence-electron chi connectivity index (χ1n) is 13.8. The van der Waals surface area contributed by atoms with Gasteiger partial charge in [-0.1, -0.05) is 78.1 Å². The normalized spacial score (nSPS) is 10.7. The van der Waals surface area contributed by atoms with Crippen molar-refractivity contribution in [1.29, 1.82) is 0 Å². The van der Waals surface area contributed by atoms with Crippen LogP contribution in [0.5, 0.6) is 0 Å². The van der Waals surface area contributed by atoms with Crippen LogP contribution in [0.15, 0.2) is 12.2 Å². The van der Waals surface area contributed by atoms with Crippen molar-refractivity contribution in [3.05, 3.63) is 12.2 Å². The van der Waals surface area contributed by atoms with Crippen molar-refractivity contribution < 1.29 is 19.1 Å². The van der Waals surface area contributed by atoms with Crippen molar-refractivity contribution >= 4 is 33.1 Å². The molecule has 0 N–H and O–H groups in total. The van der Waals surface area contributed by atoms with Crippen LogP contribution in [0.4, 0.5) is 0 Å². The average molecular weight is 573 g/mol. The molecule has 0 aliphatic heterocycles. The van der Waals surface area contributed by atoms with E-state index in [1.54, 1.807) is 8.87 Å². The van der Waals surface area contributed by atoms with E-state index < -0.39 is 11.9 Å². The van der Waals surface area contributed by atoms with Gasteiger partial charge < -0.3 is 9.47 Å². The van der Waals surface area contributed by atoms with Crippen molar-refractivity contribution in [3.8, 4) is 0 Å². The first-order chi connectivity index (χ1) is 16.1. The van der Waals surface area contributed by atoms with Crippen LogP contribution < -0.4 is 0 Å². The summed E-state index contributed by atoms with van der Waals surface area (Å²) in [7, 11) is 0. The van der Waals surface area contributed by atoms with Gasteiger partial charge in [-0.05, 0) is 12.8 Å². The number of unbranched alkanes of at least 4 members (excludes halogenated alkanes) is 12. The number of hydrogen-bond acceptors (Lipinski definition) is 4. The Hall–Kier alpha value is -0.521. The molecule has 0 aromatic carbocycles. The molecule has 0 rings (SSSR count). The minimum atomic E-state index is -0.472. The molecule has 33 heavy (non-hydrogen) atoms. The molecule has 5 heteroatoms. The van der Waals surface area contributed by atoms with Gasteiger partial charge in [-0.15, -0.1) is 0 Å². The predicted molar refractivity (Wildman–Crippen MR) is 143 cm³/mol. The molecule has 0 aromatic heterocycles. The molecule has 0 saturated carbocycles. The minimum absolute atomic E-state index is 0.149. The van der Waals surface area contributed by atoms with Crippen LogP contribution in [0.3, 0.4) is 0 Å². The van der Waals surface area contributed by atoms with Gasteiger partial charge >= 0.3 is 81.5 Å². The number of ether oxygens (including phenoxy) is 2. The van der Waals surface area contributed by atoms with Crippen LogP contribution >= 0.6 is 0 Å². The van der Waals surface area contributed by atoms with E-state index in [1.807, 2.05) is 0 Å². The average Bonchev–Trinajstić information content (AvgIpc) is 2.82. The quantitative estimate of drug-likeness (QED) is 0.0564. The zero-order valence-corrected chi connectivity index (χ0v) is 25.3. The van der Waals surface area contributed by atoms with Crippen LogP contribution in [-0.2, 0) is 19.1 Å². The molecule has 0 bridgehead atoms. The fourth-order valence-corrected chi connectivity index (χ4v) is 7.23. The predicted octanol–water partition coefficient (Wildman–Crippen LogP) is 8.48. The van der Waals surface area contributed by atoms with E-state index in [0.717, 1.165) is 37.8 Å². The first kappa shape index (κ1) is 34.6. The van der Waals surface area contributed by atoms with Crippen LogP contribution in [0.25, 0.3) is 0 Å². The van der Waals surface area contributed by atoms with Gasteiger partial charge in [0.1, 0.15) is 0 Å². The summed E-state index contributed by atoms with van der Waals surface area (Å²) in [6.07, 6.45) is 21.9. The fraction of sp³-hybridized carbons (Fsp3) is 0.857. The molecule has 0 saturated heterocycles.